The Morgan fingerprint density at radius 1 is 0.926 bits per heavy atom. The Morgan fingerprint density at radius 3 is 2.56 bits per heavy atom. The first-order valence-corrected chi connectivity index (χ1v) is 8.76. The number of anilines is 1. The van der Waals surface area contributed by atoms with E-state index in [0.717, 1.165) is 22.2 Å². The lowest BCUT2D eigenvalue weighted by Crippen LogP contribution is -2.11. The molecular formula is C23H19NO3. The van der Waals surface area contributed by atoms with Crippen LogP contribution in [0.2, 0.25) is 0 Å². The smallest absolute Gasteiger partial charge is 0.291 e. The summed E-state index contributed by atoms with van der Waals surface area (Å²) in [5.74, 6) is 1.33. The van der Waals surface area contributed by atoms with Gasteiger partial charge in [0.1, 0.15) is 18.1 Å². The van der Waals surface area contributed by atoms with Crippen molar-refractivity contribution in [1.29, 1.82) is 0 Å². The van der Waals surface area contributed by atoms with Gasteiger partial charge in [0, 0.05) is 11.1 Å². The molecule has 0 bridgehead atoms. The van der Waals surface area contributed by atoms with Gasteiger partial charge in [0.25, 0.3) is 5.91 Å². The number of ether oxygens (including phenoxy) is 1. The molecule has 0 atom stereocenters. The summed E-state index contributed by atoms with van der Waals surface area (Å²) in [5.41, 5.74) is 1.93. The second-order valence-electron chi connectivity index (χ2n) is 6.35. The zero-order valence-corrected chi connectivity index (χ0v) is 14.9. The summed E-state index contributed by atoms with van der Waals surface area (Å²) in [7, 11) is 0. The number of carbonyl (C=O) groups is 1. The fourth-order valence-corrected chi connectivity index (χ4v) is 2.88. The molecule has 134 valence electrons. The lowest BCUT2D eigenvalue weighted by Gasteiger charge is -2.07. The Morgan fingerprint density at radius 2 is 1.70 bits per heavy atom. The molecule has 0 aliphatic carbocycles. The number of carbonyl (C=O) groups excluding carboxylic acids is 1. The molecule has 1 aromatic heterocycles. The minimum Gasteiger partial charge on any atom is -0.486 e. The number of rotatable bonds is 5. The molecule has 4 rings (SSSR count). The molecule has 0 aliphatic heterocycles. The van der Waals surface area contributed by atoms with Crippen LogP contribution in [-0.2, 0) is 6.61 Å². The maximum Gasteiger partial charge on any atom is 0.291 e. The molecule has 1 N–H and O–H groups in total. The molecule has 0 unspecified atom stereocenters. The molecule has 27 heavy (non-hydrogen) atoms. The second-order valence-corrected chi connectivity index (χ2v) is 6.35. The van der Waals surface area contributed by atoms with Crippen molar-refractivity contribution in [3.05, 3.63) is 95.9 Å². The number of benzene rings is 3. The Balaban J connectivity index is 1.44. The van der Waals surface area contributed by atoms with Gasteiger partial charge in [0.05, 0.1) is 0 Å². The van der Waals surface area contributed by atoms with Crippen molar-refractivity contribution in [3.63, 3.8) is 0 Å². The van der Waals surface area contributed by atoms with Crippen LogP contribution in [0.3, 0.4) is 0 Å². The summed E-state index contributed by atoms with van der Waals surface area (Å²) in [6.45, 7) is 2.29. The Labute approximate surface area is 157 Å². The van der Waals surface area contributed by atoms with E-state index < -0.39 is 0 Å². The van der Waals surface area contributed by atoms with Crippen molar-refractivity contribution in [2.45, 2.75) is 13.5 Å². The van der Waals surface area contributed by atoms with E-state index in [9.17, 15) is 4.79 Å². The molecule has 0 aliphatic rings. The molecule has 3 aromatic carbocycles. The minimum atomic E-state index is -0.284. The van der Waals surface area contributed by atoms with Crippen LogP contribution in [0.25, 0.3) is 10.8 Å². The average Bonchev–Trinajstić information content (AvgIpc) is 3.17. The van der Waals surface area contributed by atoms with E-state index in [2.05, 4.69) is 5.32 Å². The van der Waals surface area contributed by atoms with Gasteiger partial charge in [-0.1, -0.05) is 54.1 Å². The van der Waals surface area contributed by atoms with Crippen molar-refractivity contribution >= 4 is 22.4 Å². The zero-order valence-electron chi connectivity index (χ0n) is 14.9. The summed E-state index contributed by atoms with van der Waals surface area (Å²) in [4.78, 5) is 12.5. The number of hydrogen-bond acceptors (Lipinski definition) is 3. The molecular weight excluding hydrogens is 338 g/mol. The normalized spacial score (nSPS) is 10.7. The lowest BCUT2D eigenvalue weighted by molar-refractivity contribution is 0.0993. The van der Waals surface area contributed by atoms with Crippen LogP contribution in [0.15, 0.2) is 83.3 Å². The first kappa shape index (κ1) is 16.9. The SMILES string of the molecule is Cc1ccc(OCc2ccc(C(=O)Nc3cccc4ccccc34)o2)cc1. The summed E-state index contributed by atoms with van der Waals surface area (Å²) in [6.07, 6.45) is 0. The quantitative estimate of drug-likeness (QED) is 0.508. The fraction of sp³-hybridized carbons (Fsp3) is 0.0870. The van der Waals surface area contributed by atoms with Crippen LogP contribution < -0.4 is 10.1 Å². The molecule has 4 nitrogen and oxygen atoms in total. The molecule has 0 radical (unpaired) electrons. The molecule has 1 heterocycles. The molecule has 0 saturated carbocycles. The van der Waals surface area contributed by atoms with Crippen LogP contribution in [0.5, 0.6) is 5.75 Å². The van der Waals surface area contributed by atoms with Gasteiger partial charge in [0.2, 0.25) is 0 Å². The highest BCUT2D eigenvalue weighted by Crippen LogP contribution is 2.24. The summed E-state index contributed by atoms with van der Waals surface area (Å²) in [6, 6.07) is 24.9. The number of nitrogens with one attached hydrogen (secondary N) is 1. The van der Waals surface area contributed by atoms with Crippen LogP contribution >= 0.6 is 0 Å². The monoisotopic (exact) mass is 357 g/mol. The topological polar surface area (TPSA) is 51.5 Å². The highest BCUT2D eigenvalue weighted by Gasteiger charge is 2.13. The van der Waals surface area contributed by atoms with Gasteiger partial charge in [-0.15, -0.1) is 0 Å². The van der Waals surface area contributed by atoms with Gasteiger partial charge < -0.3 is 14.5 Å². The van der Waals surface area contributed by atoms with Crippen molar-refractivity contribution in [1.82, 2.24) is 0 Å². The maximum absolute atomic E-state index is 12.5. The van der Waals surface area contributed by atoms with Crippen molar-refractivity contribution in [3.8, 4) is 5.75 Å². The Hall–Kier alpha value is -3.53. The fourth-order valence-electron chi connectivity index (χ4n) is 2.88. The minimum absolute atomic E-state index is 0.255. The van der Waals surface area contributed by atoms with Gasteiger partial charge in [-0.3, -0.25) is 4.79 Å². The molecule has 4 heteroatoms. The molecule has 0 saturated heterocycles. The van der Waals surface area contributed by atoms with E-state index in [-0.39, 0.29) is 18.3 Å². The second kappa shape index (κ2) is 7.38. The average molecular weight is 357 g/mol. The van der Waals surface area contributed by atoms with E-state index in [1.54, 1.807) is 12.1 Å². The van der Waals surface area contributed by atoms with Gasteiger partial charge >= 0.3 is 0 Å². The van der Waals surface area contributed by atoms with E-state index in [4.69, 9.17) is 9.15 Å². The van der Waals surface area contributed by atoms with E-state index >= 15 is 0 Å². The van der Waals surface area contributed by atoms with Gasteiger partial charge in [-0.25, -0.2) is 0 Å². The number of furan rings is 1. The van der Waals surface area contributed by atoms with E-state index in [1.807, 2.05) is 73.7 Å². The Bertz CT molecular complexity index is 1070. The van der Waals surface area contributed by atoms with Gasteiger partial charge in [-0.05, 0) is 42.6 Å². The predicted molar refractivity (Wildman–Crippen MR) is 106 cm³/mol. The summed E-state index contributed by atoms with van der Waals surface area (Å²) >= 11 is 0. The van der Waals surface area contributed by atoms with Crippen molar-refractivity contribution < 1.29 is 13.9 Å². The zero-order chi connectivity index (χ0) is 18.6. The van der Waals surface area contributed by atoms with E-state index in [0.29, 0.717) is 5.76 Å². The first-order chi connectivity index (χ1) is 13.2. The highest BCUT2D eigenvalue weighted by atomic mass is 16.5. The number of hydrogen-bond donors (Lipinski definition) is 1. The van der Waals surface area contributed by atoms with Crippen LogP contribution in [0.1, 0.15) is 21.9 Å². The van der Waals surface area contributed by atoms with E-state index in [1.165, 1.54) is 5.56 Å². The summed E-state index contributed by atoms with van der Waals surface area (Å²) < 4.78 is 11.3. The third-order valence-electron chi connectivity index (χ3n) is 4.33. The van der Waals surface area contributed by atoms with Crippen LogP contribution in [0, 0.1) is 6.92 Å². The van der Waals surface area contributed by atoms with Gasteiger partial charge in [-0.2, -0.15) is 0 Å². The molecule has 0 fully saturated rings. The van der Waals surface area contributed by atoms with Crippen molar-refractivity contribution in [2.75, 3.05) is 5.32 Å². The first-order valence-electron chi connectivity index (χ1n) is 8.76. The number of fused-ring (bicyclic) bond motifs is 1. The molecule has 4 aromatic rings. The maximum atomic E-state index is 12.5. The van der Waals surface area contributed by atoms with Crippen LogP contribution in [-0.4, -0.2) is 5.91 Å². The molecule has 1 amide bonds. The van der Waals surface area contributed by atoms with Gasteiger partial charge in [0.15, 0.2) is 5.76 Å². The lowest BCUT2D eigenvalue weighted by atomic mass is 10.1. The third-order valence-corrected chi connectivity index (χ3v) is 4.33. The number of aryl methyl sites for hydroxylation is 1. The standard InChI is InChI=1S/C23H19NO3/c1-16-9-11-18(12-10-16)26-15-19-13-14-22(27-19)23(25)24-21-8-4-6-17-5-2-3-7-20(17)21/h2-14H,15H2,1H3,(H,24,25). The number of amides is 1. The molecule has 0 spiro atoms. The predicted octanol–water partition coefficient (Wildman–Crippen LogP) is 5.57. The largest absolute Gasteiger partial charge is 0.486 e. The third kappa shape index (κ3) is 3.85. The summed E-state index contributed by atoms with van der Waals surface area (Å²) in [5, 5.41) is 4.98. The van der Waals surface area contributed by atoms with Crippen molar-refractivity contribution in [2.24, 2.45) is 0 Å². The van der Waals surface area contributed by atoms with Crippen LogP contribution in [0.4, 0.5) is 5.69 Å². The Kier molecular flexibility index (Phi) is 4.62. The highest BCUT2D eigenvalue weighted by molar-refractivity contribution is 6.07.